The average Bonchev–Trinajstić information content (AvgIpc) is 2.44. The summed E-state index contributed by atoms with van der Waals surface area (Å²) >= 11 is 0. The van der Waals surface area contributed by atoms with Crippen LogP contribution in [0.3, 0.4) is 0 Å². The Kier molecular flexibility index (Phi) is 6.57. The molecule has 0 aliphatic carbocycles. The lowest BCUT2D eigenvalue weighted by Crippen LogP contribution is -2.28. The van der Waals surface area contributed by atoms with Crippen LogP contribution in [0, 0.1) is 0 Å². The normalized spacial score (nSPS) is 14.1. The van der Waals surface area contributed by atoms with Crippen LogP contribution >= 0.6 is 12.4 Å². The molecule has 1 amide bonds. The Morgan fingerprint density at radius 3 is 2.75 bits per heavy atom. The Hall–Kier alpha value is -1.50. The number of benzene rings is 1. The van der Waals surface area contributed by atoms with Gasteiger partial charge in [0.25, 0.3) is 0 Å². The molecule has 1 aliphatic heterocycles. The van der Waals surface area contributed by atoms with Gasteiger partial charge in [-0.3, -0.25) is 4.79 Å². The van der Waals surface area contributed by atoms with Crippen LogP contribution < -0.4 is 20.5 Å². The van der Waals surface area contributed by atoms with E-state index in [1.807, 2.05) is 0 Å². The summed E-state index contributed by atoms with van der Waals surface area (Å²) in [6, 6.07) is 5.30. The van der Waals surface area contributed by atoms with Gasteiger partial charge in [0.2, 0.25) is 5.91 Å². The summed E-state index contributed by atoms with van der Waals surface area (Å²) in [6.45, 7) is 1.37. The maximum absolute atomic E-state index is 11.8. The third kappa shape index (κ3) is 4.26. The van der Waals surface area contributed by atoms with Crippen molar-refractivity contribution >= 4 is 24.0 Å². The smallest absolute Gasteiger partial charge is 0.227 e. The minimum absolute atomic E-state index is 0. The standard InChI is InChI=1S/C13H18N2O4.ClH/c1-17-10(8-14)7-13(16)15-9-2-3-11-12(6-9)19-5-4-18-11;/h2-3,6,10H,4-5,7-8,14H2,1H3,(H,15,16);1H. The van der Waals surface area contributed by atoms with Crippen molar-refractivity contribution in [2.24, 2.45) is 5.73 Å². The topological polar surface area (TPSA) is 82.8 Å². The largest absolute Gasteiger partial charge is 0.486 e. The zero-order chi connectivity index (χ0) is 13.7. The zero-order valence-corrected chi connectivity index (χ0v) is 12.1. The molecule has 0 aromatic heterocycles. The molecule has 1 atom stereocenters. The molecule has 0 bridgehead atoms. The minimum Gasteiger partial charge on any atom is -0.486 e. The number of ether oxygens (including phenoxy) is 3. The van der Waals surface area contributed by atoms with Crippen molar-refractivity contribution in [3.8, 4) is 11.5 Å². The second-order valence-corrected chi connectivity index (χ2v) is 4.20. The molecule has 1 unspecified atom stereocenters. The van der Waals surface area contributed by atoms with Crippen LogP contribution in [0.15, 0.2) is 18.2 Å². The summed E-state index contributed by atoms with van der Waals surface area (Å²) in [5.74, 6) is 1.20. The fourth-order valence-electron chi connectivity index (χ4n) is 1.80. The first-order valence-electron chi connectivity index (χ1n) is 6.15. The third-order valence-electron chi connectivity index (χ3n) is 2.84. The van der Waals surface area contributed by atoms with Gasteiger partial charge in [0.15, 0.2) is 11.5 Å². The van der Waals surface area contributed by atoms with Gasteiger partial charge in [-0.15, -0.1) is 12.4 Å². The molecular weight excluding hydrogens is 284 g/mol. The van der Waals surface area contributed by atoms with Crippen molar-refractivity contribution in [1.29, 1.82) is 0 Å². The van der Waals surface area contributed by atoms with E-state index in [1.54, 1.807) is 18.2 Å². The molecule has 0 radical (unpaired) electrons. The lowest BCUT2D eigenvalue weighted by molar-refractivity contribution is -0.118. The maximum Gasteiger partial charge on any atom is 0.227 e. The van der Waals surface area contributed by atoms with Gasteiger partial charge in [-0.1, -0.05) is 0 Å². The predicted molar refractivity (Wildman–Crippen MR) is 77.8 cm³/mol. The summed E-state index contributed by atoms with van der Waals surface area (Å²) < 4.78 is 15.9. The molecule has 2 rings (SSSR count). The van der Waals surface area contributed by atoms with Gasteiger partial charge >= 0.3 is 0 Å². The van der Waals surface area contributed by atoms with Crippen molar-refractivity contribution in [3.05, 3.63) is 18.2 Å². The number of anilines is 1. The van der Waals surface area contributed by atoms with Gasteiger partial charge in [0.1, 0.15) is 13.2 Å². The molecule has 7 heteroatoms. The van der Waals surface area contributed by atoms with E-state index in [0.29, 0.717) is 36.9 Å². The van der Waals surface area contributed by atoms with E-state index in [9.17, 15) is 4.79 Å². The predicted octanol–water partition coefficient (Wildman–Crippen LogP) is 1.18. The number of rotatable bonds is 5. The van der Waals surface area contributed by atoms with Gasteiger partial charge in [0.05, 0.1) is 12.5 Å². The highest BCUT2D eigenvalue weighted by atomic mass is 35.5. The van der Waals surface area contributed by atoms with Crippen molar-refractivity contribution in [3.63, 3.8) is 0 Å². The molecule has 0 spiro atoms. The first-order chi connectivity index (χ1) is 9.22. The van der Waals surface area contributed by atoms with Crippen LogP contribution in [-0.2, 0) is 9.53 Å². The van der Waals surface area contributed by atoms with Crippen molar-refractivity contribution in [1.82, 2.24) is 0 Å². The lowest BCUT2D eigenvalue weighted by atomic mass is 10.2. The lowest BCUT2D eigenvalue weighted by Gasteiger charge is -2.19. The van der Waals surface area contributed by atoms with Crippen molar-refractivity contribution in [2.45, 2.75) is 12.5 Å². The van der Waals surface area contributed by atoms with Crippen LogP contribution in [0.1, 0.15) is 6.42 Å². The van der Waals surface area contributed by atoms with Crippen molar-refractivity contribution < 1.29 is 19.0 Å². The number of carbonyl (C=O) groups is 1. The molecule has 0 saturated carbocycles. The number of methoxy groups -OCH3 is 1. The Balaban J connectivity index is 0.00000200. The number of fused-ring (bicyclic) bond motifs is 1. The van der Waals surface area contributed by atoms with E-state index in [1.165, 1.54) is 7.11 Å². The van der Waals surface area contributed by atoms with E-state index < -0.39 is 0 Å². The number of halogens is 1. The Labute approximate surface area is 124 Å². The van der Waals surface area contributed by atoms with Crippen LogP contribution in [0.5, 0.6) is 11.5 Å². The fourth-order valence-corrected chi connectivity index (χ4v) is 1.80. The van der Waals surface area contributed by atoms with Crippen molar-refractivity contribution in [2.75, 3.05) is 32.2 Å². The second kappa shape index (κ2) is 7.94. The number of nitrogens with one attached hydrogen (secondary N) is 1. The quantitative estimate of drug-likeness (QED) is 0.853. The summed E-state index contributed by atoms with van der Waals surface area (Å²) in [5, 5.41) is 2.78. The molecule has 1 aromatic carbocycles. The summed E-state index contributed by atoms with van der Waals surface area (Å²) in [6.07, 6.45) is -0.0428. The number of amides is 1. The highest BCUT2D eigenvalue weighted by Gasteiger charge is 2.14. The molecule has 1 aromatic rings. The SMILES string of the molecule is COC(CN)CC(=O)Nc1ccc2c(c1)OCCO2.Cl. The molecule has 20 heavy (non-hydrogen) atoms. The second-order valence-electron chi connectivity index (χ2n) is 4.20. The highest BCUT2D eigenvalue weighted by molar-refractivity contribution is 5.91. The van der Waals surface area contributed by atoms with E-state index in [-0.39, 0.29) is 30.8 Å². The molecule has 1 heterocycles. The molecule has 0 fully saturated rings. The molecular formula is C13H19ClN2O4. The van der Waals surface area contributed by atoms with Crippen LogP contribution in [-0.4, -0.2) is 38.9 Å². The minimum atomic E-state index is -0.266. The molecule has 1 aliphatic rings. The third-order valence-corrected chi connectivity index (χ3v) is 2.84. The summed E-state index contributed by atoms with van der Waals surface area (Å²) in [7, 11) is 1.54. The Morgan fingerprint density at radius 1 is 1.40 bits per heavy atom. The van der Waals surface area contributed by atoms with Crippen LogP contribution in [0.25, 0.3) is 0 Å². The number of hydrogen-bond acceptors (Lipinski definition) is 5. The van der Waals surface area contributed by atoms with Crippen LogP contribution in [0.4, 0.5) is 5.69 Å². The first kappa shape index (κ1) is 16.6. The number of nitrogens with two attached hydrogens (primary N) is 1. The molecule has 0 saturated heterocycles. The zero-order valence-electron chi connectivity index (χ0n) is 11.3. The summed E-state index contributed by atoms with van der Waals surface area (Å²) in [5.41, 5.74) is 6.14. The first-order valence-corrected chi connectivity index (χ1v) is 6.15. The number of carbonyl (C=O) groups excluding carboxylic acids is 1. The van der Waals surface area contributed by atoms with Gasteiger partial charge in [-0.25, -0.2) is 0 Å². The summed E-state index contributed by atoms with van der Waals surface area (Å²) in [4.78, 5) is 11.8. The van der Waals surface area contributed by atoms with E-state index >= 15 is 0 Å². The van der Waals surface area contributed by atoms with Gasteiger partial charge in [-0.05, 0) is 12.1 Å². The van der Waals surface area contributed by atoms with Gasteiger partial charge < -0.3 is 25.3 Å². The highest BCUT2D eigenvalue weighted by Crippen LogP contribution is 2.32. The average molecular weight is 303 g/mol. The van der Waals surface area contributed by atoms with Crippen LogP contribution in [0.2, 0.25) is 0 Å². The Bertz CT molecular complexity index is 452. The van der Waals surface area contributed by atoms with Gasteiger partial charge in [0, 0.05) is 25.4 Å². The maximum atomic E-state index is 11.8. The van der Waals surface area contributed by atoms with E-state index in [0.717, 1.165) is 0 Å². The monoisotopic (exact) mass is 302 g/mol. The molecule has 3 N–H and O–H groups in total. The molecule has 112 valence electrons. The fraction of sp³-hybridized carbons (Fsp3) is 0.462. The van der Waals surface area contributed by atoms with E-state index in [4.69, 9.17) is 19.9 Å². The molecule has 6 nitrogen and oxygen atoms in total. The van der Waals surface area contributed by atoms with E-state index in [2.05, 4.69) is 5.32 Å². The number of hydrogen-bond donors (Lipinski definition) is 2. The Morgan fingerprint density at radius 2 is 2.10 bits per heavy atom. The van der Waals surface area contributed by atoms with Gasteiger partial charge in [-0.2, -0.15) is 0 Å².